The van der Waals surface area contributed by atoms with Crippen LogP contribution in [0.2, 0.25) is 5.02 Å². The number of halogens is 1. The standard InChI is InChI=1S/C26H30ClN3O4S/c1-35(32,33)18-21-8-7-19(25(28)31)17-26(21,34-15-14-30-12-4-5-13-30)20-9-10-23(27)22(16-20)24-6-2-3-11-29-24/h2-3,6-11,16H,4-5,12-15,17-18H2,1H3,(H2,28,31). The van der Waals surface area contributed by atoms with E-state index in [1.807, 2.05) is 30.3 Å². The molecule has 7 nitrogen and oxygen atoms in total. The number of nitrogens with zero attached hydrogens (tertiary/aromatic N) is 2. The molecule has 1 aromatic carbocycles. The van der Waals surface area contributed by atoms with Crippen LogP contribution in [0.1, 0.15) is 24.8 Å². The van der Waals surface area contributed by atoms with Crippen molar-refractivity contribution in [3.8, 4) is 11.3 Å². The van der Waals surface area contributed by atoms with E-state index in [0.29, 0.717) is 46.1 Å². The van der Waals surface area contributed by atoms with Crippen molar-refractivity contribution in [3.05, 3.63) is 76.5 Å². The second-order valence-corrected chi connectivity index (χ2v) is 11.7. The van der Waals surface area contributed by atoms with E-state index in [-0.39, 0.29) is 12.2 Å². The summed E-state index contributed by atoms with van der Waals surface area (Å²) in [5.74, 6) is -0.771. The molecule has 1 fully saturated rings. The van der Waals surface area contributed by atoms with E-state index in [4.69, 9.17) is 22.1 Å². The number of hydrogen-bond acceptors (Lipinski definition) is 6. The third kappa shape index (κ3) is 6.01. The lowest BCUT2D eigenvalue weighted by Gasteiger charge is -2.39. The summed E-state index contributed by atoms with van der Waals surface area (Å²) in [6.07, 6.45) is 8.58. The summed E-state index contributed by atoms with van der Waals surface area (Å²) in [4.78, 5) is 19.0. The van der Waals surface area contributed by atoms with Gasteiger partial charge in [0.15, 0.2) is 9.84 Å². The van der Waals surface area contributed by atoms with Crippen molar-refractivity contribution in [1.82, 2.24) is 9.88 Å². The van der Waals surface area contributed by atoms with E-state index in [9.17, 15) is 13.2 Å². The highest BCUT2D eigenvalue weighted by Gasteiger charge is 2.42. The zero-order valence-electron chi connectivity index (χ0n) is 19.7. The lowest BCUT2D eigenvalue weighted by atomic mass is 9.77. The fraction of sp³-hybridized carbons (Fsp3) is 0.385. The number of allylic oxidation sites excluding steroid dienone is 2. The Bertz CT molecular complexity index is 1250. The number of likely N-dealkylation sites (tertiary alicyclic amines) is 1. The third-order valence-electron chi connectivity index (χ3n) is 6.51. The van der Waals surface area contributed by atoms with Gasteiger partial charge in [0.1, 0.15) is 5.60 Å². The number of carbonyl (C=O) groups excluding carboxylic acids is 1. The maximum atomic E-state index is 12.4. The molecule has 9 heteroatoms. The van der Waals surface area contributed by atoms with Crippen LogP contribution in [0.4, 0.5) is 0 Å². The Labute approximate surface area is 211 Å². The van der Waals surface area contributed by atoms with Gasteiger partial charge in [-0.1, -0.05) is 35.9 Å². The first kappa shape index (κ1) is 25.6. The van der Waals surface area contributed by atoms with Crippen molar-refractivity contribution >= 4 is 27.3 Å². The summed E-state index contributed by atoms with van der Waals surface area (Å²) in [7, 11) is -3.39. The molecule has 0 spiro atoms. The zero-order valence-corrected chi connectivity index (χ0v) is 21.3. The number of pyridine rings is 1. The Hall–Kier alpha value is -2.52. The molecule has 0 bridgehead atoms. The number of ether oxygens (including phenoxy) is 1. The number of rotatable bonds is 9. The first-order chi connectivity index (χ1) is 16.7. The molecule has 2 aromatic rings. The molecular weight excluding hydrogens is 486 g/mol. The Balaban J connectivity index is 1.81. The normalized spacial score (nSPS) is 21.0. The summed E-state index contributed by atoms with van der Waals surface area (Å²) < 4.78 is 31.4. The molecular formula is C26H30ClN3O4S. The van der Waals surface area contributed by atoms with Gasteiger partial charge in [-0.15, -0.1) is 0 Å². The van der Waals surface area contributed by atoms with Gasteiger partial charge in [-0.2, -0.15) is 0 Å². The van der Waals surface area contributed by atoms with Crippen molar-refractivity contribution in [2.45, 2.75) is 24.9 Å². The van der Waals surface area contributed by atoms with Crippen LogP contribution in [0.25, 0.3) is 11.3 Å². The number of primary amides is 1. The van der Waals surface area contributed by atoms with E-state index >= 15 is 0 Å². The van der Waals surface area contributed by atoms with Crippen molar-refractivity contribution < 1.29 is 17.9 Å². The Morgan fingerprint density at radius 3 is 2.63 bits per heavy atom. The molecule has 186 valence electrons. The maximum Gasteiger partial charge on any atom is 0.244 e. The minimum atomic E-state index is -3.39. The predicted octanol–water partition coefficient (Wildman–Crippen LogP) is 3.50. The number of carbonyl (C=O) groups is 1. The van der Waals surface area contributed by atoms with Gasteiger partial charge in [0.25, 0.3) is 0 Å². The Kier molecular flexibility index (Phi) is 7.76. The molecule has 4 rings (SSSR count). The van der Waals surface area contributed by atoms with Crippen molar-refractivity contribution in [3.63, 3.8) is 0 Å². The van der Waals surface area contributed by atoms with E-state index in [0.717, 1.165) is 25.9 Å². The molecule has 1 amide bonds. The quantitative estimate of drug-likeness (QED) is 0.548. The van der Waals surface area contributed by atoms with Crippen LogP contribution in [-0.4, -0.2) is 62.5 Å². The highest BCUT2D eigenvalue weighted by atomic mass is 35.5. The fourth-order valence-electron chi connectivity index (χ4n) is 4.76. The number of sulfone groups is 1. The molecule has 0 saturated carbocycles. The highest BCUT2D eigenvalue weighted by Crippen LogP contribution is 2.44. The number of amides is 1. The summed E-state index contributed by atoms with van der Waals surface area (Å²) in [5.41, 5.74) is 7.48. The Morgan fingerprint density at radius 2 is 1.97 bits per heavy atom. The molecule has 1 atom stereocenters. The van der Waals surface area contributed by atoms with Crippen LogP contribution in [0.15, 0.2) is 65.9 Å². The van der Waals surface area contributed by atoms with Crippen LogP contribution in [0, 0.1) is 0 Å². The number of hydrogen-bond donors (Lipinski definition) is 1. The van der Waals surface area contributed by atoms with Crippen LogP contribution in [-0.2, 0) is 25.0 Å². The summed E-state index contributed by atoms with van der Waals surface area (Å²) in [6, 6.07) is 11.0. The van der Waals surface area contributed by atoms with Crippen molar-refractivity contribution in [2.24, 2.45) is 5.73 Å². The Morgan fingerprint density at radius 1 is 1.20 bits per heavy atom. The smallest absolute Gasteiger partial charge is 0.244 e. The van der Waals surface area contributed by atoms with Crippen molar-refractivity contribution in [2.75, 3.05) is 38.2 Å². The van der Waals surface area contributed by atoms with Gasteiger partial charge in [0.05, 0.1) is 18.1 Å². The van der Waals surface area contributed by atoms with E-state index < -0.39 is 21.3 Å². The molecule has 2 N–H and O–H groups in total. The van der Waals surface area contributed by atoms with Crippen LogP contribution in [0.5, 0.6) is 0 Å². The molecule has 35 heavy (non-hydrogen) atoms. The number of nitrogens with two attached hydrogens (primary N) is 1. The average molecular weight is 516 g/mol. The predicted molar refractivity (Wildman–Crippen MR) is 138 cm³/mol. The average Bonchev–Trinajstić information content (AvgIpc) is 3.33. The van der Waals surface area contributed by atoms with Gasteiger partial charge in [-0.05, 0) is 61.3 Å². The first-order valence-corrected chi connectivity index (χ1v) is 14.1. The van der Waals surface area contributed by atoms with Crippen LogP contribution >= 0.6 is 11.6 Å². The minimum Gasteiger partial charge on any atom is -0.366 e. The molecule has 1 saturated heterocycles. The maximum absolute atomic E-state index is 12.4. The monoisotopic (exact) mass is 515 g/mol. The van der Waals surface area contributed by atoms with E-state index in [1.54, 1.807) is 24.4 Å². The highest BCUT2D eigenvalue weighted by molar-refractivity contribution is 7.90. The molecule has 1 aliphatic heterocycles. The van der Waals surface area contributed by atoms with Gasteiger partial charge in [-0.3, -0.25) is 9.78 Å². The van der Waals surface area contributed by atoms with Gasteiger partial charge in [-0.25, -0.2) is 8.42 Å². The molecule has 1 unspecified atom stereocenters. The molecule has 1 aliphatic carbocycles. The van der Waals surface area contributed by atoms with Gasteiger partial charge >= 0.3 is 0 Å². The van der Waals surface area contributed by atoms with Crippen molar-refractivity contribution in [1.29, 1.82) is 0 Å². The first-order valence-electron chi connectivity index (χ1n) is 11.6. The van der Waals surface area contributed by atoms with E-state index in [2.05, 4.69) is 9.88 Å². The van der Waals surface area contributed by atoms with E-state index in [1.165, 1.54) is 6.26 Å². The molecule has 2 aliphatic rings. The van der Waals surface area contributed by atoms with Gasteiger partial charge in [0.2, 0.25) is 5.91 Å². The molecule has 1 aromatic heterocycles. The molecule has 0 radical (unpaired) electrons. The minimum absolute atomic E-state index is 0.132. The fourth-order valence-corrected chi connectivity index (χ4v) is 5.87. The lowest BCUT2D eigenvalue weighted by molar-refractivity contribution is -0.115. The topological polar surface area (TPSA) is 103 Å². The van der Waals surface area contributed by atoms with Gasteiger partial charge in [0, 0.05) is 41.6 Å². The SMILES string of the molecule is CS(=O)(=O)CC1=CC=C(C(N)=O)CC1(OCCN1CCCC1)c1ccc(Cl)c(-c2ccccn2)c1. The number of aromatic nitrogens is 1. The van der Waals surface area contributed by atoms with Crippen LogP contribution in [0.3, 0.4) is 0 Å². The second-order valence-electron chi connectivity index (χ2n) is 9.13. The zero-order chi connectivity index (χ0) is 25.1. The summed E-state index contributed by atoms with van der Waals surface area (Å²) in [5, 5.41) is 0.509. The van der Waals surface area contributed by atoms with Crippen LogP contribution < -0.4 is 5.73 Å². The molecule has 2 heterocycles. The van der Waals surface area contributed by atoms with Gasteiger partial charge < -0.3 is 15.4 Å². The summed E-state index contributed by atoms with van der Waals surface area (Å²) in [6.45, 7) is 3.11. The second kappa shape index (κ2) is 10.6. The lowest BCUT2D eigenvalue weighted by Crippen LogP contribution is -2.40. The summed E-state index contributed by atoms with van der Waals surface area (Å²) >= 11 is 6.54. The number of benzene rings is 1. The third-order valence-corrected chi connectivity index (χ3v) is 7.67. The largest absolute Gasteiger partial charge is 0.366 e.